The molecule has 0 radical (unpaired) electrons. The van der Waals surface area contributed by atoms with Gasteiger partial charge in [-0.15, -0.1) is 0 Å². The van der Waals surface area contributed by atoms with Crippen LogP contribution < -0.4 is 15.4 Å². The molecule has 0 unspecified atom stereocenters. The van der Waals surface area contributed by atoms with Gasteiger partial charge in [-0.2, -0.15) is 0 Å². The Labute approximate surface area is 182 Å². The van der Waals surface area contributed by atoms with E-state index < -0.39 is 0 Å². The number of carbonyl (C=O) groups is 1. The van der Waals surface area contributed by atoms with E-state index in [-0.39, 0.29) is 5.91 Å². The van der Waals surface area contributed by atoms with Crippen molar-refractivity contribution in [1.82, 2.24) is 10.2 Å². The molecule has 1 aliphatic rings. The van der Waals surface area contributed by atoms with Crippen molar-refractivity contribution in [2.45, 2.75) is 6.92 Å². The van der Waals surface area contributed by atoms with Gasteiger partial charge in [0.2, 0.25) is 5.96 Å². The summed E-state index contributed by atoms with van der Waals surface area (Å²) in [5.74, 6) is 0.932. The third-order valence-corrected chi connectivity index (χ3v) is 4.81. The lowest BCUT2D eigenvalue weighted by molar-refractivity contribution is 0.0394. The first kappa shape index (κ1) is 22.1. The summed E-state index contributed by atoms with van der Waals surface area (Å²) in [6.45, 7) is 7.19. The predicted molar refractivity (Wildman–Crippen MR) is 120 cm³/mol. The molecule has 7 nitrogen and oxygen atoms in total. The molecular formula is C22H27ClN4O3. The largest absolute Gasteiger partial charge is 0.494 e. The number of amides is 1. The maximum atomic E-state index is 12.6. The SMILES string of the molecule is CCOc1ccc(NC(=NCCN2CCOCC2)NC(=O)c2ccc(Cl)cc2)cc1. The lowest BCUT2D eigenvalue weighted by atomic mass is 10.2. The van der Waals surface area contributed by atoms with E-state index >= 15 is 0 Å². The summed E-state index contributed by atoms with van der Waals surface area (Å²) in [5.41, 5.74) is 1.31. The first-order valence-corrected chi connectivity index (χ1v) is 10.4. The van der Waals surface area contributed by atoms with Crippen LogP contribution in [0.3, 0.4) is 0 Å². The summed E-state index contributed by atoms with van der Waals surface area (Å²) in [6.07, 6.45) is 0. The van der Waals surface area contributed by atoms with E-state index in [1.807, 2.05) is 31.2 Å². The van der Waals surface area contributed by atoms with Crippen molar-refractivity contribution in [2.75, 3.05) is 51.3 Å². The first-order valence-electron chi connectivity index (χ1n) is 10.1. The maximum Gasteiger partial charge on any atom is 0.257 e. The van der Waals surface area contributed by atoms with Crippen LogP contribution in [-0.2, 0) is 4.74 Å². The number of halogens is 1. The van der Waals surface area contributed by atoms with Gasteiger partial charge in [0.25, 0.3) is 5.91 Å². The van der Waals surface area contributed by atoms with E-state index in [4.69, 9.17) is 21.1 Å². The zero-order valence-electron chi connectivity index (χ0n) is 17.1. The molecule has 3 rings (SSSR count). The molecule has 0 bridgehead atoms. The number of benzene rings is 2. The highest BCUT2D eigenvalue weighted by atomic mass is 35.5. The molecule has 0 aromatic heterocycles. The lowest BCUT2D eigenvalue weighted by Crippen LogP contribution is -2.39. The Hall–Kier alpha value is -2.61. The molecule has 0 aliphatic carbocycles. The number of anilines is 1. The third-order valence-electron chi connectivity index (χ3n) is 4.56. The number of guanidine groups is 1. The van der Waals surface area contributed by atoms with Gasteiger partial charge in [0.05, 0.1) is 26.4 Å². The highest BCUT2D eigenvalue weighted by Gasteiger charge is 2.12. The fraction of sp³-hybridized carbons (Fsp3) is 0.364. The van der Waals surface area contributed by atoms with Crippen molar-refractivity contribution < 1.29 is 14.3 Å². The molecule has 0 saturated carbocycles. The van der Waals surface area contributed by atoms with E-state index in [1.165, 1.54) is 0 Å². The van der Waals surface area contributed by atoms with E-state index in [2.05, 4.69) is 20.5 Å². The van der Waals surface area contributed by atoms with Gasteiger partial charge >= 0.3 is 0 Å². The molecule has 1 aliphatic heterocycles. The van der Waals surface area contributed by atoms with Gasteiger partial charge in [-0.05, 0) is 55.5 Å². The molecule has 2 aromatic rings. The molecule has 1 amide bonds. The maximum absolute atomic E-state index is 12.6. The molecule has 2 N–H and O–H groups in total. The van der Waals surface area contributed by atoms with Crippen LogP contribution in [0.5, 0.6) is 5.75 Å². The topological polar surface area (TPSA) is 75.2 Å². The van der Waals surface area contributed by atoms with Crippen molar-refractivity contribution in [3.8, 4) is 5.75 Å². The Morgan fingerprint density at radius 2 is 1.83 bits per heavy atom. The van der Waals surface area contributed by atoms with E-state index in [0.717, 1.165) is 44.3 Å². The Morgan fingerprint density at radius 1 is 1.13 bits per heavy atom. The van der Waals surface area contributed by atoms with Crippen LogP contribution >= 0.6 is 11.6 Å². The van der Waals surface area contributed by atoms with Crippen LogP contribution in [0.25, 0.3) is 0 Å². The zero-order chi connectivity index (χ0) is 21.2. The van der Waals surface area contributed by atoms with E-state index in [1.54, 1.807) is 24.3 Å². The molecule has 0 atom stereocenters. The summed E-state index contributed by atoms with van der Waals surface area (Å²) in [4.78, 5) is 19.5. The standard InChI is InChI=1S/C22H27ClN4O3/c1-2-30-20-9-7-19(8-10-20)25-22(24-11-12-27-13-15-29-16-14-27)26-21(28)17-3-5-18(23)6-4-17/h3-10H,2,11-16H2,1H3,(H2,24,25,26,28). The normalized spacial score (nSPS) is 14.9. The molecule has 1 heterocycles. The second-order valence-corrected chi connectivity index (χ2v) is 7.16. The second-order valence-electron chi connectivity index (χ2n) is 6.73. The van der Waals surface area contributed by atoms with Gasteiger partial charge in [-0.3, -0.25) is 20.0 Å². The number of morpholine rings is 1. The number of hydrogen-bond donors (Lipinski definition) is 2. The van der Waals surface area contributed by atoms with E-state index in [9.17, 15) is 4.79 Å². The predicted octanol–water partition coefficient (Wildman–Crippen LogP) is 3.27. The Balaban J connectivity index is 1.67. The Kier molecular flexibility index (Phi) is 8.50. The van der Waals surface area contributed by atoms with Crippen molar-refractivity contribution in [2.24, 2.45) is 4.99 Å². The van der Waals surface area contributed by atoms with Crippen molar-refractivity contribution in [3.63, 3.8) is 0 Å². The quantitative estimate of drug-likeness (QED) is 0.521. The summed E-state index contributed by atoms with van der Waals surface area (Å²) < 4.78 is 10.9. The van der Waals surface area contributed by atoms with Gasteiger partial charge in [0, 0.05) is 35.9 Å². The minimum atomic E-state index is -0.254. The number of hydrogen-bond acceptors (Lipinski definition) is 5. The fourth-order valence-electron chi connectivity index (χ4n) is 2.96. The average Bonchev–Trinajstić information content (AvgIpc) is 2.76. The molecule has 160 valence electrons. The van der Waals surface area contributed by atoms with Crippen molar-refractivity contribution in [3.05, 3.63) is 59.1 Å². The average molecular weight is 431 g/mol. The molecule has 2 aromatic carbocycles. The van der Waals surface area contributed by atoms with Gasteiger partial charge in [-0.25, -0.2) is 0 Å². The van der Waals surface area contributed by atoms with Crippen LogP contribution in [0.4, 0.5) is 5.69 Å². The molecule has 1 saturated heterocycles. The molecule has 30 heavy (non-hydrogen) atoms. The number of aliphatic imine (C=N–C) groups is 1. The summed E-state index contributed by atoms with van der Waals surface area (Å²) in [7, 11) is 0. The Bertz CT molecular complexity index is 834. The van der Waals surface area contributed by atoms with Gasteiger partial charge in [0.15, 0.2) is 0 Å². The number of nitrogens with zero attached hydrogens (tertiary/aromatic N) is 2. The van der Waals surface area contributed by atoms with Crippen molar-refractivity contribution in [1.29, 1.82) is 0 Å². The third kappa shape index (κ3) is 7.02. The first-order chi connectivity index (χ1) is 14.6. The minimum absolute atomic E-state index is 0.254. The highest BCUT2D eigenvalue weighted by molar-refractivity contribution is 6.30. The van der Waals surface area contributed by atoms with Crippen molar-refractivity contribution >= 4 is 29.2 Å². The smallest absolute Gasteiger partial charge is 0.257 e. The minimum Gasteiger partial charge on any atom is -0.494 e. The number of nitrogens with one attached hydrogen (secondary N) is 2. The van der Waals surface area contributed by atoms with Crippen LogP contribution in [-0.4, -0.2) is 62.8 Å². The number of ether oxygens (including phenoxy) is 2. The van der Waals surface area contributed by atoms with Crippen LogP contribution in [0.2, 0.25) is 5.02 Å². The molecule has 0 spiro atoms. The van der Waals surface area contributed by atoms with Crippen LogP contribution in [0, 0.1) is 0 Å². The zero-order valence-corrected chi connectivity index (χ0v) is 17.8. The Morgan fingerprint density at radius 3 is 2.50 bits per heavy atom. The summed E-state index contributed by atoms with van der Waals surface area (Å²) >= 11 is 5.92. The van der Waals surface area contributed by atoms with Crippen LogP contribution in [0.1, 0.15) is 17.3 Å². The monoisotopic (exact) mass is 430 g/mol. The summed E-state index contributed by atoms with van der Waals surface area (Å²) in [5, 5.41) is 6.63. The van der Waals surface area contributed by atoms with Gasteiger partial charge < -0.3 is 14.8 Å². The number of rotatable bonds is 7. The molecular weight excluding hydrogens is 404 g/mol. The molecule has 1 fully saturated rings. The van der Waals surface area contributed by atoms with Gasteiger partial charge in [0.1, 0.15) is 5.75 Å². The number of carbonyl (C=O) groups excluding carboxylic acids is 1. The second kappa shape index (κ2) is 11.5. The lowest BCUT2D eigenvalue weighted by Gasteiger charge is -2.25. The van der Waals surface area contributed by atoms with E-state index in [0.29, 0.717) is 29.7 Å². The fourth-order valence-corrected chi connectivity index (χ4v) is 3.08. The molecule has 8 heteroatoms. The van der Waals surface area contributed by atoms with Crippen LogP contribution in [0.15, 0.2) is 53.5 Å². The highest BCUT2D eigenvalue weighted by Crippen LogP contribution is 2.15. The summed E-state index contributed by atoms with van der Waals surface area (Å²) in [6, 6.07) is 14.3. The van der Waals surface area contributed by atoms with Gasteiger partial charge in [-0.1, -0.05) is 11.6 Å².